The molecular formula is C8H10ClNO. The first-order valence-electron chi connectivity index (χ1n) is 3.40. The molecular weight excluding hydrogens is 162 g/mol. The summed E-state index contributed by atoms with van der Waals surface area (Å²) >= 11 is 5.40. The van der Waals surface area contributed by atoms with Crippen LogP contribution < -0.4 is 0 Å². The molecule has 0 spiro atoms. The molecule has 0 aliphatic rings. The summed E-state index contributed by atoms with van der Waals surface area (Å²) in [5.41, 5.74) is 2.73. The molecule has 1 N–H and O–H groups in total. The topological polar surface area (TPSA) is 32.9 Å². The number of H-pyrrole nitrogens is 1. The van der Waals surface area contributed by atoms with Gasteiger partial charge >= 0.3 is 0 Å². The molecule has 0 atom stereocenters. The number of alkyl halides is 1. The molecule has 0 saturated carbocycles. The zero-order valence-electron chi connectivity index (χ0n) is 6.57. The number of hydrogen-bond donors (Lipinski definition) is 1. The Morgan fingerprint density at radius 1 is 1.64 bits per heavy atom. The van der Waals surface area contributed by atoms with Crippen molar-refractivity contribution in [2.24, 2.45) is 0 Å². The molecule has 2 nitrogen and oxygen atoms in total. The van der Waals surface area contributed by atoms with Crippen molar-refractivity contribution >= 4 is 17.4 Å². The predicted octanol–water partition coefficient (Wildman–Crippen LogP) is 2.05. The van der Waals surface area contributed by atoms with Gasteiger partial charge in [-0.1, -0.05) is 0 Å². The van der Waals surface area contributed by atoms with Crippen molar-refractivity contribution in [3.63, 3.8) is 0 Å². The molecule has 0 amide bonds. The Morgan fingerprint density at radius 2 is 2.27 bits per heavy atom. The van der Waals surface area contributed by atoms with Gasteiger partial charge in [-0.15, -0.1) is 11.6 Å². The van der Waals surface area contributed by atoms with Crippen molar-refractivity contribution in [3.8, 4) is 0 Å². The number of halogens is 1. The third kappa shape index (κ3) is 1.46. The highest BCUT2D eigenvalue weighted by Gasteiger charge is 2.09. The molecule has 1 aromatic rings. The minimum absolute atomic E-state index is 0.0425. The lowest BCUT2D eigenvalue weighted by atomic mass is 10.1. The van der Waals surface area contributed by atoms with Gasteiger partial charge in [0.05, 0.1) is 11.6 Å². The second kappa shape index (κ2) is 3.09. The smallest absolute Gasteiger partial charge is 0.193 e. The molecule has 1 heterocycles. The van der Waals surface area contributed by atoms with E-state index in [1.165, 1.54) is 0 Å². The molecule has 0 fully saturated rings. The quantitative estimate of drug-likeness (QED) is 0.536. The highest BCUT2D eigenvalue weighted by molar-refractivity contribution is 6.30. The molecule has 3 heteroatoms. The van der Waals surface area contributed by atoms with E-state index in [1.807, 2.05) is 20.0 Å². The minimum atomic E-state index is -0.0442. The van der Waals surface area contributed by atoms with E-state index < -0.39 is 0 Å². The van der Waals surface area contributed by atoms with Crippen molar-refractivity contribution < 1.29 is 4.79 Å². The zero-order chi connectivity index (χ0) is 8.43. The third-order valence-corrected chi connectivity index (χ3v) is 2.04. The maximum Gasteiger partial charge on any atom is 0.193 e. The molecule has 0 unspecified atom stereocenters. The van der Waals surface area contributed by atoms with E-state index in [0.29, 0.717) is 5.69 Å². The SMILES string of the molecule is Cc1c[nH]c(C(=O)CCl)c1C. The van der Waals surface area contributed by atoms with Gasteiger partial charge in [0.25, 0.3) is 0 Å². The fraction of sp³-hybridized carbons (Fsp3) is 0.375. The Kier molecular flexibility index (Phi) is 2.35. The lowest BCUT2D eigenvalue weighted by molar-refractivity contribution is 0.101. The molecule has 0 saturated heterocycles. The largest absolute Gasteiger partial charge is 0.358 e. The first kappa shape index (κ1) is 8.34. The summed E-state index contributed by atoms with van der Waals surface area (Å²) in [6.07, 6.45) is 1.81. The van der Waals surface area contributed by atoms with Crippen molar-refractivity contribution in [1.82, 2.24) is 4.98 Å². The Labute approximate surface area is 70.6 Å². The number of ketones is 1. The predicted molar refractivity (Wildman–Crippen MR) is 45.3 cm³/mol. The summed E-state index contributed by atoms with van der Waals surface area (Å²) in [4.78, 5) is 14.0. The number of hydrogen-bond acceptors (Lipinski definition) is 1. The number of aromatic amines is 1. The lowest BCUT2D eigenvalue weighted by Crippen LogP contribution is -2.02. The van der Waals surface area contributed by atoms with Gasteiger partial charge in [-0.05, 0) is 25.0 Å². The van der Waals surface area contributed by atoms with E-state index >= 15 is 0 Å². The van der Waals surface area contributed by atoms with Crippen LogP contribution in [-0.2, 0) is 0 Å². The van der Waals surface area contributed by atoms with Crippen LogP contribution in [0.25, 0.3) is 0 Å². The van der Waals surface area contributed by atoms with E-state index in [0.717, 1.165) is 11.1 Å². The molecule has 1 aromatic heterocycles. The summed E-state index contributed by atoms with van der Waals surface area (Å²) in [6.45, 7) is 3.86. The maximum absolute atomic E-state index is 11.1. The molecule has 60 valence electrons. The molecule has 0 aromatic carbocycles. The Morgan fingerprint density at radius 3 is 2.64 bits per heavy atom. The highest BCUT2D eigenvalue weighted by atomic mass is 35.5. The standard InChI is InChI=1S/C8H10ClNO/c1-5-4-10-8(6(5)2)7(11)3-9/h4,10H,3H2,1-2H3. The number of nitrogens with one attached hydrogen (secondary N) is 1. The van der Waals surface area contributed by atoms with Crippen LogP contribution in [0.15, 0.2) is 6.20 Å². The van der Waals surface area contributed by atoms with Gasteiger partial charge in [0, 0.05) is 6.20 Å². The van der Waals surface area contributed by atoms with Gasteiger partial charge in [0.15, 0.2) is 5.78 Å². The minimum Gasteiger partial charge on any atom is -0.358 e. The summed E-state index contributed by atoms with van der Waals surface area (Å²) in [7, 11) is 0. The van der Waals surface area contributed by atoms with Gasteiger partial charge in [-0.3, -0.25) is 4.79 Å². The number of carbonyl (C=O) groups is 1. The summed E-state index contributed by atoms with van der Waals surface area (Å²) < 4.78 is 0. The highest BCUT2D eigenvalue weighted by Crippen LogP contribution is 2.11. The number of aryl methyl sites for hydroxylation is 1. The van der Waals surface area contributed by atoms with Gasteiger partial charge in [-0.25, -0.2) is 0 Å². The monoisotopic (exact) mass is 171 g/mol. The average Bonchev–Trinajstić information content (AvgIpc) is 2.32. The van der Waals surface area contributed by atoms with Crippen molar-refractivity contribution in [1.29, 1.82) is 0 Å². The Hall–Kier alpha value is -0.760. The van der Waals surface area contributed by atoms with Crippen LogP contribution in [0.2, 0.25) is 0 Å². The molecule has 0 radical (unpaired) electrons. The van der Waals surface area contributed by atoms with Crippen LogP contribution in [-0.4, -0.2) is 16.6 Å². The zero-order valence-corrected chi connectivity index (χ0v) is 7.33. The van der Waals surface area contributed by atoms with Crippen LogP contribution in [0.4, 0.5) is 0 Å². The normalized spacial score (nSPS) is 10.1. The first-order valence-corrected chi connectivity index (χ1v) is 3.94. The molecule has 0 bridgehead atoms. The second-order valence-electron chi connectivity index (χ2n) is 2.53. The summed E-state index contributed by atoms with van der Waals surface area (Å²) in [6, 6.07) is 0. The second-order valence-corrected chi connectivity index (χ2v) is 2.80. The van der Waals surface area contributed by atoms with Gasteiger partial charge in [0.2, 0.25) is 0 Å². The number of rotatable bonds is 2. The van der Waals surface area contributed by atoms with Crippen LogP contribution in [0.3, 0.4) is 0 Å². The molecule has 11 heavy (non-hydrogen) atoms. The van der Waals surface area contributed by atoms with Crippen molar-refractivity contribution in [2.75, 3.05) is 5.88 Å². The van der Waals surface area contributed by atoms with Gasteiger partial charge in [0.1, 0.15) is 0 Å². The van der Waals surface area contributed by atoms with Gasteiger partial charge < -0.3 is 4.98 Å². The van der Waals surface area contributed by atoms with Crippen LogP contribution in [0.1, 0.15) is 21.6 Å². The maximum atomic E-state index is 11.1. The van der Waals surface area contributed by atoms with E-state index in [-0.39, 0.29) is 11.7 Å². The number of aromatic nitrogens is 1. The van der Waals surface area contributed by atoms with Crippen LogP contribution in [0.5, 0.6) is 0 Å². The van der Waals surface area contributed by atoms with E-state index in [2.05, 4.69) is 4.98 Å². The van der Waals surface area contributed by atoms with Crippen LogP contribution >= 0.6 is 11.6 Å². The Bertz CT molecular complexity index is 278. The van der Waals surface area contributed by atoms with Crippen molar-refractivity contribution in [3.05, 3.63) is 23.0 Å². The number of Topliss-reactive ketones (excluding diaryl/α,β-unsaturated/α-hetero) is 1. The molecule has 0 aliphatic heterocycles. The first-order chi connectivity index (χ1) is 5.16. The molecule has 1 rings (SSSR count). The summed E-state index contributed by atoms with van der Waals surface area (Å²) in [5.74, 6) is -0.00174. The fourth-order valence-corrected chi connectivity index (χ4v) is 1.08. The van der Waals surface area contributed by atoms with E-state index in [9.17, 15) is 4.79 Å². The molecule has 0 aliphatic carbocycles. The van der Waals surface area contributed by atoms with E-state index in [1.54, 1.807) is 0 Å². The average molecular weight is 172 g/mol. The van der Waals surface area contributed by atoms with E-state index in [4.69, 9.17) is 11.6 Å². The van der Waals surface area contributed by atoms with Crippen LogP contribution in [0, 0.1) is 13.8 Å². The van der Waals surface area contributed by atoms with Gasteiger partial charge in [-0.2, -0.15) is 0 Å². The van der Waals surface area contributed by atoms with Crippen molar-refractivity contribution in [2.45, 2.75) is 13.8 Å². The third-order valence-electron chi connectivity index (χ3n) is 1.80. The number of carbonyl (C=O) groups excluding carboxylic acids is 1. The Balaban J connectivity index is 3.04. The fourth-order valence-electron chi connectivity index (χ4n) is 0.951. The summed E-state index contributed by atoms with van der Waals surface area (Å²) in [5, 5.41) is 0. The lowest BCUT2D eigenvalue weighted by Gasteiger charge is -1.94.